The van der Waals surface area contributed by atoms with Crippen molar-refractivity contribution in [1.29, 1.82) is 0 Å². The number of piperazine rings is 1. The van der Waals surface area contributed by atoms with E-state index in [2.05, 4.69) is 30.4 Å². The molecule has 11 nitrogen and oxygen atoms in total. The summed E-state index contributed by atoms with van der Waals surface area (Å²) in [6.45, 7) is 8.16. The van der Waals surface area contributed by atoms with Crippen LogP contribution in [0.1, 0.15) is 31.1 Å². The summed E-state index contributed by atoms with van der Waals surface area (Å²) in [5, 5.41) is 5.49. The normalized spacial score (nSPS) is 14.8. The number of ether oxygens (including phenoxy) is 1. The molecule has 0 spiro atoms. The molecule has 41 heavy (non-hydrogen) atoms. The minimum Gasteiger partial charge on any atom is -0.459 e. The molecule has 12 heteroatoms. The van der Waals surface area contributed by atoms with Crippen LogP contribution in [0.25, 0.3) is 0 Å². The average Bonchev–Trinajstić information content (AvgIpc) is 2.97. The molecule has 1 amide bonds. The Morgan fingerprint density at radius 3 is 2.12 bits per heavy atom. The molecule has 0 bridgehead atoms. The van der Waals surface area contributed by atoms with E-state index < -0.39 is 33.3 Å². The fourth-order valence-electron chi connectivity index (χ4n) is 4.27. The van der Waals surface area contributed by atoms with E-state index in [9.17, 15) is 18.0 Å². The lowest BCUT2D eigenvalue weighted by Gasteiger charge is -2.36. The van der Waals surface area contributed by atoms with Gasteiger partial charge in [0.05, 0.1) is 4.90 Å². The third kappa shape index (κ3) is 8.48. The minimum absolute atomic E-state index is 0.134. The maximum Gasteiger partial charge on any atom is 0.325 e. The predicted octanol–water partition coefficient (Wildman–Crippen LogP) is 2.26. The molecule has 1 saturated heterocycles. The van der Waals surface area contributed by atoms with Gasteiger partial charge in [-0.3, -0.25) is 14.9 Å². The molecule has 2 heterocycles. The molecule has 2 N–H and O–H groups in total. The van der Waals surface area contributed by atoms with Crippen LogP contribution >= 0.6 is 0 Å². The molecular weight excluding hydrogens is 544 g/mol. The average molecular weight is 581 g/mol. The molecule has 1 aliphatic heterocycles. The van der Waals surface area contributed by atoms with E-state index in [1.807, 2.05) is 12.1 Å². The number of sulfone groups is 1. The van der Waals surface area contributed by atoms with Crippen molar-refractivity contribution in [2.75, 3.05) is 48.4 Å². The number of benzene rings is 2. The van der Waals surface area contributed by atoms with Crippen LogP contribution in [0.4, 0.5) is 11.6 Å². The van der Waals surface area contributed by atoms with Crippen molar-refractivity contribution in [2.45, 2.75) is 37.3 Å². The molecule has 1 unspecified atom stereocenters. The van der Waals surface area contributed by atoms with Crippen molar-refractivity contribution in [3.05, 3.63) is 78.6 Å². The quantitative estimate of drug-likeness (QED) is 0.344. The molecule has 0 aliphatic carbocycles. The van der Waals surface area contributed by atoms with Crippen LogP contribution in [0.5, 0.6) is 0 Å². The zero-order chi connectivity index (χ0) is 29.5. The molecule has 0 saturated carbocycles. The van der Waals surface area contributed by atoms with Crippen LogP contribution in [0.3, 0.4) is 0 Å². The van der Waals surface area contributed by atoms with Gasteiger partial charge >= 0.3 is 5.97 Å². The molecule has 1 atom stereocenters. The first-order chi connectivity index (χ1) is 19.5. The Labute approximate surface area is 240 Å². The van der Waals surface area contributed by atoms with Crippen LogP contribution in [0, 0.1) is 0 Å². The summed E-state index contributed by atoms with van der Waals surface area (Å²) in [5.74, 6) is -0.814. The Kier molecular flexibility index (Phi) is 9.56. The standard InChI is InChI=1S/C29H36N6O5S/c1-29(2,3)40-27(37)25(33-21-41(38,39)24-8-5-4-6-9-24)20-32-26(36)22-10-12-23(13-11-22)34-16-18-35(19-17-34)28-30-14-7-15-31-28/h4-15,25,33H,16-21H2,1-3H3,(H,32,36). The Morgan fingerprint density at radius 1 is 0.902 bits per heavy atom. The summed E-state index contributed by atoms with van der Waals surface area (Å²) in [4.78, 5) is 38.9. The molecule has 218 valence electrons. The third-order valence-electron chi connectivity index (χ3n) is 6.39. The van der Waals surface area contributed by atoms with Crippen LogP contribution < -0.4 is 20.4 Å². The van der Waals surface area contributed by atoms with Gasteiger partial charge in [0.25, 0.3) is 5.91 Å². The van der Waals surface area contributed by atoms with Gasteiger partial charge in [-0.25, -0.2) is 18.4 Å². The highest BCUT2D eigenvalue weighted by Crippen LogP contribution is 2.19. The summed E-state index contributed by atoms with van der Waals surface area (Å²) in [6, 6.07) is 15.9. The highest BCUT2D eigenvalue weighted by atomic mass is 32.2. The van der Waals surface area contributed by atoms with Gasteiger partial charge in [-0.05, 0) is 63.2 Å². The van der Waals surface area contributed by atoms with Gasteiger partial charge in [0.2, 0.25) is 5.95 Å². The first-order valence-electron chi connectivity index (χ1n) is 13.4. The molecule has 1 aliphatic rings. The number of hydrogen-bond donors (Lipinski definition) is 2. The molecule has 3 aromatic rings. The number of rotatable bonds is 10. The van der Waals surface area contributed by atoms with Crippen molar-refractivity contribution in [1.82, 2.24) is 20.6 Å². The smallest absolute Gasteiger partial charge is 0.325 e. The van der Waals surface area contributed by atoms with Crippen molar-refractivity contribution in [3.8, 4) is 0 Å². The zero-order valence-electron chi connectivity index (χ0n) is 23.5. The molecule has 1 aromatic heterocycles. The lowest BCUT2D eigenvalue weighted by Crippen LogP contribution is -2.49. The highest BCUT2D eigenvalue weighted by Gasteiger charge is 2.28. The van der Waals surface area contributed by atoms with Gasteiger partial charge in [-0.1, -0.05) is 18.2 Å². The van der Waals surface area contributed by atoms with Crippen molar-refractivity contribution in [3.63, 3.8) is 0 Å². The van der Waals surface area contributed by atoms with Crippen LogP contribution in [0.2, 0.25) is 0 Å². The third-order valence-corrected chi connectivity index (χ3v) is 7.93. The number of hydrogen-bond acceptors (Lipinski definition) is 10. The number of amides is 1. The second-order valence-corrected chi connectivity index (χ2v) is 12.6. The Hall–Kier alpha value is -4.03. The van der Waals surface area contributed by atoms with Crippen LogP contribution in [-0.4, -0.2) is 80.5 Å². The second-order valence-electron chi connectivity index (χ2n) is 10.6. The fraction of sp³-hybridized carbons (Fsp3) is 0.379. The number of nitrogens with one attached hydrogen (secondary N) is 2. The van der Waals surface area contributed by atoms with E-state index in [0.29, 0.717) is 5.56 Å². The summed E-state index contributed by atoms with van der Waals surface area (Å²) in [7, 11) is -3.70. The first kappa shape index (κ1) is 29.9. The number of anilines is 2. The van der Waals surface area contributed by atoms with Gasteiger partial charge in [0.1, 0.15) is 17.5 Å². The van der Waals surface area contributed by atoms with Crippen molar-refractivity contribution < 1.29 is 22.7 Å². The molecular formula is C29H36N6O5S. The highest BCUT2D eigenvalue weighted by molar-refractivity contribution is 7.91. The summed E-state index contributed by atoms with van der Waals surface area (Å²) >= 11 is 0. The first-order valence-corrected chi connectivity index (χ1v) is 15.1. The minimum atomic E-state index is -3.70. The number of carbonyl (C=O) groups excluding carboxylic acids is 2. The molecule has 0 radical (unpaired) electrons. The van der Waals surface area contributed by atoms with E-state index in [0.717, 1.165) is 37.8 Å². The summed E-state index contributed by atoms with van der Waals surface area (Å²) in [6.07, 6.45) is 3.47. The fourth-order valence-corrected chi connectivity index (χ4v) is 5.43. The van der Waals surface area contributed by atoms with E-state index in [1.54, 1.807) is 69.6 Å². The maximum absolute atomic E-state index is 12.9. The molecule has 4 rings (SSSR count). The van der Waals surface area contributed by atoms with Gasteiger partial charge in [0, 0.05) is 56.4 Å². The Balaban J connectivity index is 1.34. The monoisotopic (exact) mass is 580 g/mol. The Morgan fingerprint density at radius 2 is 1.51 bits per heavy atom. The predicted molar refractivity (Wildman–Crippen MR) is 156 cm³/mol. The second kappa shape index (κ2) is 13.1. The molecule has 1 fully saturated rings. The van der Waals surface area contributed by atoms with Gasteiger partial charge in [-0.2, -0.15) is 0 Å². The lowest BCUT2D eigenvalue weighted by atomic mass is 10.1. The van der Waals surface area contributed by atoms with Crippen molar-refractivity contribution >= 4 is 33.3 Å². The van der Waals surface area contributed by atoms with E-state index in [-0.39, 0.29) is 17.3 Å². The van der Waals surface area contributed by atoms with Gasteiger partial charge < -0.3 is 19.9 Å². The largest absolute Gasteiger partial charge is 0.459 e. The maximum atomic E-state index is 12.9. The van der Waals surface area contributed by atoms with E-state index >= 15 is 0 Å². The number of nitrogens with zero attached hydrogens (tertiary/aromatic N) is 4. The number of esters is 1. The summed E-state index contributed by atoms with van der Waals surface area (Å²) in [5.41, 5.74) is 0.633. The number of carbonyl (C=O) groups is 2. The van der Waals surface area contributed by atoms with E-state index in [1.165, 1.54) is 12.1 Å². The lowest BCUT2D eigenvalue weighted by molar-refractivity contribution is -0.157. The van der Waals surface area contributed by atoms with E-state index in [4.69, 9.17) is 4.74 Å². The van der Waals surface area contributed by atoms with Crippen molar-refractivity contribution in [2.24, 2.45) is 0 Å². The van der Waals surface area contributed by atoms with Crippen LogP contribution in [-0.2, 0) is 19.4 Å². The molecule has 2 aromatic carbocycles. The number of aromatic nitrogens is 2. The SMILES string of the molecule is CC(C)(C)OC(=O)C(CNC(=O)c1ccc(N2CCN(c3ncccn3)CC2)cc1)NCS(=O)(=O)c1ccccc1. The van der Waals surface area contributed by atoms with Gasteiger partial charge in [-0.15, -0.1) is 0 Å². The zero-order valence-corrected chi connectivity index (χ0v) is 24.3. The van der Waals surface area contributed by atoms with Crippen LogP contribution in [0.15, 0.2) is 78.0 Å². The Bertz CT molecular complexity index is 1410. The van der Waals surface area contributed by atoms with Gasteiger partial charge in [0.15, 0.2) is 9.84 Å². The summed E-state index contributed by atoms with van der Waals surface area (Å²) < 4.78 is 30.9. The topological polar surface area (TPSA) is 134 Å².